The van der Waals surface area contributed by atoms with Crippen molar-refractivity contribution in [3.63, 3.8) is 0 Å². The fourth-order valence-electron chi connectivity index (χ4n) is 2.59. The van der Waals surface area contributed by atoms with Crippen LogP contribution in [0.2, 0.25) is 0 Å². The molecule has 0 spiro atoms. The van der Waals surface area contributed by atoms with Crippen molar-refractivity contribution in [1.82, 2.24) is 0 Å². The summed E-state index contributed by atoms with van der Waals surface area (Å²) in [5.41, 5.74) is 5.29. The molecular formula is C17H14F4N2O4. The second-order valence-corrected chi connectivity index (χ2v) is 5.35. The Kier molecular flexibility index (Phi) is 5.64. The van der Waals surface area contributed by atoms with E-state index in [1.807, 2.05) is 0 Å². The zero-order valence-corrected chi connectivity index (χ0v) is 14.2. The molecule has 10 heteroatoms. The molecule has 0 saturated carbocycles. The number of nitrogens with zero attached hydrogens (tertiary/aromatic N) is 1. The number of alkyl halides is 3. The fourth-order valence-corrected chi connectivity index (χ4v) is 2.59. The molecule has 0 aliphatic carbocycles. The highest BCUT2D eigenvalue weighted by Gasteiger charge is 2.38. The molecule has 1 aliphatic heterocycles. The number of ether oxygens (including phenoxy) is 3. The summed E-state index contributed by atoms with van der Waals surface area (Å²) in [6.07, 6.45) is -5.13. The van der Waals surface area contributed by atoms with Gasteiger partial charge in [-0.2, -0.15) is 5.26 Å². The van der Waals surface area contributed by atoms with Gasteiger partial charge in [0, 0.05) is 0 Å². The molecule has 1 aromatic carbocycles. The smallest absolute Gasteiger partial charge is 0.463 e. The van der Waals surface area contributed by atoms with Crippen LogP contribution in [0.1, 0.15) is 25.3 Å². The van der Waals surface area contributed by atoms with Crippen LogP contribution in [0.4, 0.5) is 17.6 Å². The quantitative estimate of drug-likeness (QED) is 0.630. The third-order valence-electron chi connectivity index (χ3n) is 3.62. The van der Waals surface area contributed by atoms with Gasteiger partial charge in [0.25, 0.3) is 0 Å². The number of nitriles is 1. The predicted molar refractivity (Wildman–Crippen MR) is 83.1 cm³/mol. The van der Waals surface area contributed by atoms with Gasteiger partial charge >= 0.3 is 12.3 Å². The summed E-state index contributed by atoms with van der Waals surface area (Å²) in [6.45, 7) is 2.95. The second-order valence-electron chi connectivity index (χ2n) is 5.35. The summed E-state index contributed by atoms with van der Waals surface area (Å²) >= 11 is 0. The predicted octanol–water partition coefficient (Wildman–Crippen LogP) is 3.37. The molecule has 1 atom stereocenters. The van der Waals surface area contributed by atoms with Crippen LogP contribution < -0.4 is 10.5 Å². The van der Waals surface area contributed by atoms with Crippen LogP contribution in [0.5, 0.6) is 5.75 Å². The maximum atomic E-state index is 13.7. The summed E-state index contributed by atoms with van der Waals surface area (Å²) in [6, 6.07) is 4.36. The van der Waals surface area contributed by atoms with E-state index < -0.39 is 29.8 Å². The van der Waals surface area contributed by atoms with Crippen molar-refractivity contribution in [1.29, 1.82) is 5.26 Å². The molecule has 0 saturated heterocycles. The van der Waals surface area contributed by atoms with Crippen molar-refractivity contribution in [3.8, 4) is 11.8 Å². The second kappa shape index (κ2) is 7.57. The summed E-state index contributed by atoms with van der Waals surface area (Å²) in [5, 5.41) is 9.39. The number of rotatable bonds is 4. The fraction of sp³-hybridized carbons (Fsp3) is 0.294. The number of benzene rings is 1. The molecule has 1 unspecified atom stereocenters. The lowest BCUT2D eigenvalue weighted by Crippen LogP contribution is -2.26. The molecule has 1 aliphatic rings. The molecule has 2 N–H and O–H groups in total. The van der Waals surface area contributed by atoms with Crippen LogP contribution >= 0.6 is 0 Å². The molecule has 0 amide bonds. The summed E-state index contributed by atoms with van der Waals surface area (Å²) < 4.78 is 65.0. The average Bonchev–Trinajstić information content (AvgIpc) is 2.55. The van der Waals surface area contributed by atoms with Crippen molar-refractivity contribution in [2.24, 2.45) is 5.73 Å². The highest BCUT2D eigenvalue weighted by atomic mass is 19.4. The lowest BCUT2D eigenvalue weighted by Gasteiger charge is -2.27. The van der Waals surface area contributed by atoms with E-state index in [2.05, 4.69) is 4.74 Å². The molecule has 0 radical (unpaired) electrons. The Hall–Kier alpha value is -3.22. The maximum Gasteiger partial charge on any atom is 0.573 e. The number of halogens is 4. The molecule has 2 rings (SSSR count). The SMILES string of the molecule is CCOC(=O)C1=C(C)OC(N)=C(C#N)C1c1ccc(F)c(OC(F)(F)F)c1. The Morgan fingerprint density at radius 3 is 2.63 bits per heavy atom. The molecule has 144 valence electrons. The first-order chi connectivity index (χ1) is 12.6. The molecule has 1 aromatic rings. The van der Waals surface area contributed by atoms with Crippen LogP contribution in [-0.4, -0.2) is 18.9 Å². The Morgan fingerprint density at radius 2 is 2.07 bits per heavy atom. The number of nitrogens with two attached hydrogens (primary N) is 1. The van der Waals surface area contributed by atoms with Crippen LogP contribution in [-0.2, 0) is 14.3 Å². The van der Waals surface area contributed by atoms with Crippen LogP contribution in [0.3, 0.4) is 0 Å². The average molecular weight is 386 g/mol. The van der Waals surface area contributed by atoms with E-state index >= 15 is 0 Å². The number of esters is 1. The normalized spacial score (nSPS) is 17.3. The Morgan fingerprint density at radius 1 is 1.41 bits per heavy atom. The van der Waals surface area contributed by atoms with Gasteiger partial charge in [-0.3, -0.25) is 0 Å². The first kappa shape index (κ1) is 20.1. The first-order valence-corrected chi connectivity index (χ1v) is 7.59. The van der Waals surface area contributed by atoms with Crippen molar-refractivity contribution in [2.75, 3.05) is 6.61 Å². The van der Waals surface area contributed by atoms with Crippen molar-refractivity contribution < 1.29 is 36.6 Å². The summed E-state index contributed by atoms with van der Waals surface area (Å²) in [5.74, 6) is -4.74. The number of allylic oxidation sites excluding steroid dienone is 2. The van der Waals surface area contributed by atoms with E-state index in [1.54, 1.807) is 13.0 Å². The number of carbonyl (C=O) groups excluding carboxylic acids is 1. The Balaban J connectivity index is 2.63. The van der Waals surface area contributed by atoms with E-state index in [0.29, 0.717) is 0 Å². The molecule has 6 nitrogen and oxygen atoms in total. The third kappa shape index (κ3) is 4.31. The van der Waals surface area contributed by atoms with E-state index in [4.69, 9.17) is 15.2 Å². The lowest BCUT2D eigenvalue weighted by molar-refractivity contribution is -0.275. The van der Waals surface area contributed by atoms with E-state index in [0.717, 1.165) is 18.2 Å². The van der Waals surface area contributed by atoms with Gasteiger partial charge in [-0.25, -0.2) is 9.18 Å². The first-order valence-electron chi connectivity index (χ1n) is 7.59. The molecule has 0 aromatic heterocycles. The highest BCUT2D eigenvalue weighted by Crippen LogP contribution is 2.41. The van der Waals surface area contributed by atoms with Gasteiger partial charge in [-0.15, -0.1) is 13.2 Å². The molecule has 27 heavy (non-hydrogen) atoms. The monoisotopic (exact) mass is 386 g/mol. The standard InChI is InChI=1S/C17H14F4N2O4/c1-3-25-16(24)13-8(2)26-15(23)10(7-22)14(13)9-4-5-11(18)12(6-9)27-17(19,20)21/h4-6,14H,3,23H2,1-2H3. The largest absolute Gasteiger partial charge is 0.573 e. The Bertz CT molecular complexity index is 869. The minimum absolute atomic E-state index is 0.00920. The zero-order chi connectivity index (χ0) is 20.4. The topological polar surface area (TPSA) is 94.6 Å². The molecular weight excluding hydrogens is 372 g/mol. The van der Waals surface area contributed by atoms with Crippen molar-refractivity contribution >= 4 is 5.97 Å². The van der Waals surface area contributed by atoms with Gasteiger partial charge in [0.2, 0.25) is 5.88 Å². The van der Waals surface area contributed by atoms with Gasteiger partial charge in [0.1, 0.15) is 17.4 Å². The van der Waals surface area contributed by atoms with Gasteiger partial charge in [-0.05, 0) is 31.5 Å². The van der Waals surface area contributed by atoms with Crippen LogP contribution in [0.25, 0.3) is 0 Å². The zero-order valence-electron chi connectivity index (χ0n) is 14.2. The molecule has 0 bridgehead atoms. The highest BCUT2D eigenvalue weighted by molar-refractivity contribution is 5.92. The van der Waals surface area contributed by atoms with Gasteiger partial charge in [0.05, 0.1) is 18.1 Å². The van der Waals surface area contributed by atoms with Crippen molar-refractivity contribution in [3.05, 3.63) is 52.4 Å². The number of hydrogen-bond donors (Lipinski definition) is 1. The number of hydrogen-bond acceptors (Lipinski definition) is 6. The summed E-state index contributed by atoms with van der Waals surface area (Å²) in [7, 11) is 0. The Labute approximate surface area is 151 Å². The maximum absolute atomic E-state index is 13.7. The van der Waals surface area contributed by atoms with Gasteiger partial charge in [0.15, 0.2) is 11.6 Å². The number of carbonyl (C=O) groups is 1. The van der Waals surface area contributed by atoms with Crippen molar-refractivity contribution in [2.45, 2.75) is 26.1 Å². The molecule has 1 heterocycles. The third-order valence-corrected chi connectivity index (χ3v) is 3.62. The molecule has 0 fully saturated rings. The van der Waals surface area contributed by atoms with E-state index in [-0.39, 0.29) is 35.0 Å². The lowest BCUT2D eigenvalue weighted by atomic mass is 9.83. The van der Waals surface area contributed by atoms with Gasteiger partial charge < -0.3 is 19.9 Å². The minimum Gasteiger partial charge on any atom is -0.463 e. The van der Waals surface area contributed by atoms with Gasteiger partial charge in [-0.1, -0.05) is 6.07 Å². The van der Waals surface area contributed by atoms with Crippen LogP contribution in [0.15, 0.2) is 41.0 Å². The van der Waals surface area contributed by atoms with Crippen LogP contribution in [0, 0.1) is 17.1 Å². The van der Waals surface area contributed by atoms with E-state index in [9.17, 15) is 27.6 Å². The summed E-state index contributed by atoms with van der Waals surface area (Å²) in [4.78, 5) is 12.3. The minimum atomic E-state index is -5.13. The van der Waals surface area contributed by atoms with E-state index in [1.165, 1.54) is 6.92 Å².